The summed E-state index contributed by atoms with van der Waals surface area (Å²) in [4.78, 5) is 10.9. The average molecular weight is 177 g/mol. The number of ketones is 1. The standard InChI is InChI=1S/C11H15NO/c1-8-5-10(7-12)3-4-11(8)6-9(2)13/h3-5H,6-7,12H2,1-2H3. The van der Waals surface area contributed by atoms with Crippen LogP contribution < -0.4 is 5.73 Å². The summed E-state index contributed by atoms with van der Waals surface area (Å²) in [6.07, 6.45) is 0.524. The molecule has 2 heteroatoms. The Labute approximate surface area is 78.8 Å². The smallest absolute Gasteiger partial charge is 0.134 e. The van der Waals surface area contributed by atoms with Crippen LogP contribution in [-0.4, -0.2) is 5.78 Å². The SMILES string of the molecule is CC(=O)Cc1ccc(CN)cc1C. The van der Waals surface area contributed by atoms with Gasteiger partial charge in [0.05, 0.1) is 0 Å². The van der Waals surface area contributed by atoms with E-state index in [1.54, 1.807) is 6.92 Å². The van der Waals surface area contributed by atoms with Gasteiger partial charge in [-0.25, -0.2) is 0 Å². The molecule has 0 saturated carbocycles. The van der Waals surface area contributed by atoms with Gasteiger partial charge < -0.3 is 5.73 Å². The number of carbonyl (C=O) groups is 1. The minimum atomic E-state index is 0.198. The maximum absolute atomic E-state index is 10.9. The Hall–Kier alpha value is -1.15. The largest absolute Gasteiger partial charge is 0.326 e. The van der Waals surface area contributed by atoms with E-state index in [0.29, 0.717) is 13.0 Å². The molecular formula is C11H15NO. The van der Waals surface area contributed by atoms with Crippen LogP contribution in [0.1, 0.15) is 23.6 Å². The predicted octanol–water partition coefficient (Wildman–Crippen LogP) is 1.59. The average Bonchev–Trinajstić information content (AvgIpc) is 2.08. The lowest BCUT2D eigenvalue weighted by atomic mass is 10.0. The highest BCUT2D eigenvalue weighted by Crippen LogP contribution is 2.11. The van der Waals surface area contributed by atoms with Crippen molar-refractivity contribution in [3.8, 4) is 0 Å². The topological polar surface area (TPSA) is 43.1 Å². The van der Waals surface area contributed by atoms with Gasteiger partial charge in [0.1, 0.15) is 5.78 Å². The second-order valence-corrected chi connectivity index (χ2v) is 3.34. The second-order valence-electron chi connectivity index (χ2n) is 3.34. The molecular weight excluding hydrogens is 162 g/mol. The van der Waals surface area contributed by atoms with E-state index in [9.17, 15) is 4.79 Å². The summed E-state index contributed by atoms with van der Waals surface area (Å²) in [6, 6.07) is 6.00. The van der Waals surface area contributed by atoms with Gasteiger partial charge >= 0.3 is 0 Å². The third-order valence-electron chi connectivity index (χ3n) is 2.08. The third kappa shape index (κ3) is 2.67. The van der Waals surface area contributed by atoms with E-state index < -0.39 is 0 Å². The molecule has 0 radical (unpaired) electrons. The van der Waals surface area contributed by atoms with Gasteiger partial charge in [-0.1, -0.05) is 18.2 Å². The van der Waals surface area contributed by atoms with Gasteiger partial charge in [0.25, 0.3) is 0 Å². The summed E-state index contributed by atoms with van der Waals surface area (Å²) in [5.74, 6) is 0.198. The van der Waals surface area contributed by atoms with Crippen molar-refractivity contribution in [1.82, 2.24) is 0 Å². The molecule has 0 aliphatic rings. The number of Topliss-reactive ketones (excluding diaryl/α,β-unsaturated/α-hetero) is 1. The van der Waals surface area contributed by atoms with Crippen LogP contribution in [0.4, 0.5) is 0 Å². The van der Waals surface area contributed by atoms with Crippen LogP contribution in [0.3, 0.4) is 0 Å². The number of carbonyl (C=O) groups excluding carboxylic acids is 1. The zero-order chi connectivity index (χ0) is 9.84. The minimum absolute atomic E-state index is 0.198. The van der Waals surface area contributed by atoms with E-state index in [1.165, 1.54) is 0 Å². The normalized spacial score (nSPS) is 10.1. The van der Waals surface area contributed by atoms with Crippen molar-refractivity contribution in [3.05, 3.63) is 34.9 Å². The molecule has 0 heterocycles. The lowest BCUT2D eigenvalue weighted by molar-refractivity contribution is -0.116. The second kappa shape index (κ2) is 4.19. The van der Waals surface area contributed by atoms with Crippen molar-refractivity contribution in [2.24, 2.45) is 5.73 Å². The van der Waals surface area contributed by atoms with Crippen molar-refractivity contribution < 1.29 is 4.79 Å². The first-order valence-electron chi connectivity index (χ1n) is 4.41. The number of aryl methyl sites for hydroxylation is 1. The summed E-state index contributed by atoms with van der Waals surface area (Å²) < 4.78 is 0. The van der Waals surface area contributed by atoms with Gasteiger partial charge in [0, 0.05) is 13.0 Å². The van der Waals surface area contributed by atoms with E-state index in [0.717, 1.165) is 16.7 Å². The fraction of sp³-hybridized carbons (Fsp3) is 0.364. The predicted molar refractivity (Wildman–Crippen MR) is 53.5 cm³/mol. The molecule has 0 spiro atoms. The third-order valence-corrected chi connectivity index (χ3v) is 2.08. The molecule has 0 bridgehead atoms. The monoisotopic (exact) mass is 177 g/mol. The molecule has 0 saturated heterocycles. The molecule has 0 fully saturated rings. The van der Waals surface area contributed by atoms with E-state index in [2.05, 4.69) is 0 Å². The number of hydrogen-bond donors (Lipinski definition) is 1. The van der Waals surface area contributed by atoms with E-state index in [4.69, 9.17) is 5.73 Å². The molecule has 0 aliphatic carbocycles. The van der Waals surface area contributed by atoms with Crippen LogP contribution in [-0.2, 0) is 17.8 Å². The first kappa shape index (κ1) is 9.93. The minimum Gasteiger partial charge on any atom is -0.326 e. The van der Waals surface area contributed by atoms with Gasteiger partial charge in [0.2, 0.25) is 0 Å². The van der Waals surface area contributed by atoms with Crippen molar-refractivity contribution in [1.29, 1.82) is 0 Å². The highest BCUT2D eigenvalue weighted by molar-refractivity contribution is 5.78. The number of benzene rings is 1. The molecule has 2 N–H and O–H groups in total. The van der Waals surface area contributed by atoms with Gasteiger partial charge in [-0.05, 0) is 30.5 Å². The van der Waals surface area contributed by atoms with Gasteiger partial charge in [-0.15, -0.1) is 0 Å². The molecule has 0 unspecified atom stereocenters. The van der Waals surface area contributed by atoms with Gasteiger partial charge in [-0.2, -0.15) is 0 Å². The molecule has 13 heavy (non-hydrogen) atoms. The lowest BCUT2D eigenvalue weighted by Gasteiger charge is -2.05. The number of hydrogen-bond acceptors (Lipinski definition) is 2. The van der Waals surface area contributed by atoms with Crippen molar-refractivity contribution in [2.45, 2.75) is 26.8 Å². The van der Waals surface area contributed by atoms with Crippen molar-refractivity contribution in [3.63, 3.8) is 0 Å². The van der Waals surface area contributed by atoms with Crippen LogP contribution in [0.25, 0.3) is 0 Å². The Kier molecular flexibility index (Phi) is 3.20. The Bertz CT molecular complexity index is 318. The maximum Gasteiger partial charge on any atom is 0.134 e. The zero-order valence-electron chi connectivity index (χ0n) is 8.13. The highest BCUT2D eigenvalue weighted by atomic mass is 16.1. The first-order chi connectivity index (χ1) is 6.13. The van der Waals surface area contributed by atoms with Crippen molar-refractivity contribution >= 4 is 5.78 Å². The molecule has 1 rings (SSSR count). The number of rotatable bonds is 3. The molecule has 1 aromatic rings. The number of nitrogens with two attached hydrogens (primary N) is 1. The summed E-state index contributed by atoms with van der Waals surface area (Å²) in [7, 11) is 0. The summed E-state index contributed by atoms with van der Waals surface area (Å²) >= 11 is 0. The molecule has 0 aliphatic heterocycles. The Morgan fingerprint density at radius 3 is 2.62 bits per heavy atom. The molecule has 0 aromatic heterocycles. The highest BCUT2D eigenvalue weighted by Gasteiger charge is 2.01. The van der Waals surface area contributed by atoms with E-state index >= 15 is 0 Å². The molecule has 0 atom stereocenters. The Balaban J connectivity index is 2.91. The van der Waals surface area contributed by atoms with Crippen LogP contribution >= 0.6 is 0 Å². The van der Waals surface area contributed by atoms with E-state index in [1.807, 2.05) is 25.1 Å². The van der Waals surface area contributed by atoms with Gasteiger partial charge in [0.15, 0.2) is 0 Å². The van der Waals surface area contributed by atoms with E-state index in [-0.39, 0.29) is 5.78 Å². The van der Waals surface area contributed by atoms with Crippen LogP contribution in [0.15, 0.2) is 18.2 Å². The first-order valence-corrected chi connectivity index (χ1v) is 4.41. The fourth-order valence-electron chi connectivity index (χ4n) is 1.35. The lowest BCUT2D eigenvalue weighted by Crippen LogP contribution is -2.01. The van der Waals surface area contributed by atoms with Crippen molar-refractivity contribution in [2.75, 3.05) is 0 Å². The molecule has 1 aromatic carbocycles. The molecule has 2 nitrogen and oxygen atoms in total. The van der Waals surface area contributed by atoms with Crippen LogP contribution in [0, 0.1) is 6.92 Å². The van der Waals surface area contributed by atoms with Crippen LogP contribution in [0.2, 0.25) is 0 Å². The summed E-state index contributed by atoms with van der Waals surface area (Å²) in [5, 5.41) is 0. The molecule has 0 amide bonds. The molecule has 70 valence electrons. The zero-order valence-corrected chi connectivity index (χ0v) is 8.13. The van der Waals surface area contributed by atoms with Gasteiger partial charge in [-0.3, -0.25) is 4.79 Å². The maximum atomic E-state index is 10.9. The Morgan fingerprint density at radius 1 is 1.46 bits per heavy atom. The Morgan fingerprint density at radius 2 is 2.15 bits per heavy atom. The van der Waals surface area contributed by atoms with Crippen LogP contribution in [0.5, 0.6) is 0 Å². The summed E-state index contributed by atoms with van der Waals surface area (Å²) in [6.45, 7) is 4.18. The fourth-order valence-corrected chi connectivity index (χ4v) is 1.35. The quantitative estimate of drug-likeness (QED) is 0.761. The summed E-state index contributed by atoms with van der Waals surface area (Å²) in [5.41, 5.74) is 8.87.